The van der Waals surface area contributed by atoms with Crippen molar-refractivity contribution in [3.63, 3.8) is 0 Å². The molecule has 35 heavy (non-hydrogen) atoms. The molecule has 186 valence electrons. The topological polar surface area (TPSA) is 72.0 Å². The molecule has 1 aliphatic heterocycles. The average Bonchev–Trinajstić information content (AvgIpc) is 3.27. The van der Waals surface area contributed by atoms with Crippen molar-refractivity contribution in [3.05, 3.63) is 58.6 Å². The number of rotatable bonds is 9. The van der Waals surface area contributed by atoms with Crippen LogP contribution in [0.3, 0.4) is 0 Å². The highest BCUT2D eigenvalue weighted by molar-refractivity contribution is 7.22. The van der Waals surface area contributed by atoms with Gasteiger partial charge in [-0.3, -0.25) is 14.5 Å². The van der Waals surface area contributed by atoms with Crippen LogP contribution in [0, 0.1) is 5.92 Å². The van der Waals surface area contributed by atoms with Crippen molar-refractivity contribution in [1.29, 1.82) is 0 Å². The number of esters is 2. The Morgan fingerprint density at radius 1 is 1.00 bits per heavy atom. The summed E-state index contributed by atoms with van der Waals surface area (Å²) in [6.45, 7) is 8.38. The van der Waals surface area contributed by atoms with Crippen molar-refractivity contribution in [2.45, 2.75) is 26.8 Å². The van der Waals surface area contributed by atoms with E-state index in [2.05, 4.69) is 21.9 Å². The number of thiazole rings is 1. The number of fused-ring (bicyclic) bond motifs is 1. The summed E-state index contributed by atoms with van der Waals surface area (Å²) in [4.78, 5) is 34.2. The summed E-state index contributed by atoms with van der Waals surface area (Å²) < 4.78 is 11.3. The fourth-order valence-corrected chi connectivity index (χ4v) is 5.51. The van der Waals surface area contributed by atoms with Gasteiger partial charge >= 0.3 is 11.9 Å². The van der Waals surface area contributed by atoms with Gasteiger partial charge in [-0.25, -0.2) is 4.98 Å². The van der Waals surface area contributed by atoms with Gasteiger partial charge in [0.1, 0.15) is 0 Å². The van der Waals surface area contributed by atoms with E-state index in [4.69, 9.17) is 26.1 Å². The van der Waals surface area contributed by atoms with Crippen molar-refractivity contribution < 1.29 is 19.1 Å². The molecular formula is C26H30ClN3O4S. The fourth-order valence-electron chi connectivity index (χ4n) is 4.22. The van der Waals surface area contributed by atoms with E-state index in [1.165, 1.54) is 0 Å². The second-order valence-electron chi connectivity index (χ2n) is 8.45. The predicted octanol–water partition coefficient (Wildman–Crippen LogP) is 4.56. The number of halogens is 1. The molecule has 4 rings (SSSR count). The molecule has 0 aliphatic carbocycles. The molecule has 1 saturated heterocycles. The van der Waals surface area contributed by atoms with Gasteiger partial charge in [0.2, 0.25) is 0 Å². The standard InChI is InChI=1S/C26H30ClN3O4S/c1-3-33-24(31)21(25(32)34-4-2)15-18-6-5-7-19(14-18)17-29-10-12-30(13-11-29)26-28-22-9-8-20(27)16-23(22)35-26/h5-9,14,16,21H,3-4,10-13,15,17H2,1-2H3. The minimum absolute atomic E-state index is 0.228. The number of piperazine rings is 1. The number of anilines is 1. The molecule has 0 spiro atoms. The molecule has 1 fully saturated rings. The van der Waals surface area contributed by atoms with Crippen LogP contribution in [-0.4, -0.2) is 61.2 Å². The molecule has 3 aromatic rings. The van der Waals surface area contributed by atoms with Crippen molar-refractivity contribution in [1.82, 2.24) is 9.88 Å². The minimum atomic E-state index is -0.947. The van der Waals surface area contributed by atoms with Crippen LogP contribution in [-0.2, 0) is 32.0 Å². The van der Waals surface area contributed by atoms with E-state index in [1.54, 1.807) is 25.2 Å². The van der Waals surface area contributed by atoms with Crippen molar-refractivity contribution >= 4 is 50.2 Å². The monoisotopic (exact) mass is 515 g/mol. The molecular weight excluding hydrogens is 486 g/mol. The third-order valence-electron chi connectivity index (χ3n) is 5.96. The van der Waals surface area contributed by atoms with Crippen LogP contribution >= 0.6 is 22.9 Å². The maximum absolute atomic E-state index is 12.3. The lowest BCUT2D eigenvalue weighted by Crippen LogP contribution is -2.45. The Labute approximate surface area is 214 Å². The number of carbonyl (C=O) groups excluding carboxylic acids is 2. The fraction of sp³-hybridized carbons (Fsp3) is 0.423. The number of hydrogen-bond donors (Lipinski definition) is 0. The number of carbonyl (C=O) groups is 2. The summed E-state index contributed by atoms with van der Waals surface area (Å²) in [5, 5.41) is 1.77. The third kappa shape index (κ3) is 6.51. The quantitative estimate of drug-likeness (QED) is 0.305. The lowest BCUT2D eigenvalue weighted by molar-refractivity contribution is -0.161. The zero-order valence-electron chi connectivity index (χ0n) is 20.0. The lowest BCUT2D eigenvalue weighted by Gasteiger charge is -2.34. The summed E-state index contributed by atoms with van der Waals surface area (Å²) in [5.41, 5.74) is 3.05. The summed E-state index contributed by atoms with van der Waals surface area (Å²) >= 11 is 7.80. The molecule has 0 amide bonds. The number of aromatic nitrogens is 1. The molecule has 1 aromatic heterocycles. The van der Waals surface area contributed by atoms with Crippen LogP contribution in [0.4, 0.5) is 5.13 Å². The number of nitrogens with zero attached hydrogens (tertiary/aromatic N) is 3. The highest BCUT2D eigenvalue weighted by atomic mass is 35.5. The number of benzene rings is 2. The molecule has 0 bridgehead atoms. The van der Waals surface area contributed by atoms with Crippen molar-refractivity contribution in [2.24, 2.45) is 5.92 Å². The van der Waals surface area contributed by atoms with E-state index in [0.717, 1.165) is 64.2 Å². The zero-order chi connectivity index (χ0) is 24.8. The predicted molar refractivity (Wildman–Crippen MR) is 139 cm³/mol. The van der Waals surface area contributed by atoms with Crippen molar-refractivity contribution in [3.8, 4) is 0 Å². The van der Waals surface area contributed by atoms with Crippen LogP contribution in [0.5, 0.6) is 0 Å². The first-order valence-electron chi connectivity index (χ1n) is 11.9. The van der Waals surface area contributed by atoms with Gasteiger partial charge in [-0.05, 0) is 49.6 Å². The molecule has 1 aliphatic rings. The molecule has 0 N–H and O–H groups in total. The Hall–Kier alpha value is -2.68. The molecule has 0 saturated carbocycles. The van der Waals surface area contributed by atoms with Crippen LogP contribution in [0.15, 0.2) is 42.5 Å². The van der Waals surface area contributed by atoms with E-state index in [1.807, 2.05) is 30.3 Å². The molecule has 2 aromatic carbocycles. The maximum Gasteiger partial charge on any atom is 0.320 e. The van der Waals surface area contributed by atoms with Gasteiger partial charge in [0.15, 0.2) is 11.0 Å². The van der Waals surface area contributed by atoms with E-state index in [0.29, 0.717) is 0 Å². The van der Waals surface area contributed by atoms with E-state index >= 15 is 0 Å². The zero-order valence-corrected chi connectivity index (χ0v) is 21.6. The average molecular weight is 516 g/mol. The largest absolute Gasteiger partial charge is 0.465 e. The Morgan fingerprint density at radius 2 is 1.69 bits per heavy atom. The summed E-state index contributed by atoms with van der Waals surface area (Å²) in [7, 11) is 0. The first-order valence-corrected chi connectivity index (χ1v) is 13.1. The van der Waals surface area contributed by atoms with Crippen molar-refractivity contribution in [2.75, 3.05) is 44.3 Å². The molecule has 0 unspecified atom stereocenters. The Balaban J connectivity index is 1.36. The normalized spacial score (nSPS) is 14.5. The van der Waals surface area contributed by atoms with Crippen LogP contribution in [0.2, 0.25) is 5.02 Å². The van der Waals surface area contributed by atoms with Crippen LogP contribution in [0.1, 0.15) is 25.0 Å². The Bertz CT molecular complexity index is 1160. The summed E-state index contributed by atoms with van der Waals surface area (Å²) in [6.07, 6.45) is 0.265. The van der Waals surface area contributed by atoms with Gasteiger partial charge in [-0.2, -0.15) is 0 Å². The third-order valence-corrected chi connectivity index (χ3v) is 7.28. The van der Waals surface area contributed by atoms with Gasteiger partial charge in [-0.15, -0.1) is 0 Å². The van der Waals surface area contributed by atoms with E-state index in [9.17, 15) is 9.59 Å². The highest BCUT2D eigenvalue weighted by Crippen LogP contribution is 2.31. The van der Waals surface area contributed by atoms with Gasteiger partial charge in [0, 0.05) is 37.7 Å². The number of ether oxygens (including phenoxy) is 2. The Morgan fingerprint density at radius 3 is 2.37 bits per heavy atom. The van der Waals surface area contributed by atoms with E-state index in [-0.39, 0.29) is 19.6 Å². The van der Waals surface area contributed by atoms with Gasteiger partial charge in [-0.1, -0.05) is 47.2 Å². The summed E-state index contributed by atoms with van der Waals surface area (Å²) in [5.74, 6) is -2.02. The smallest absolute Gasteiger partial charge is 0.320 e. The highest BCUT2D eigenvalue weighted by Gasteiger charge is 2.30. The van der Waals surface area contributed by atoms with Gasteiger partial charge in [0.25, 0.3) is 0 Å². The molecule has 0 atom stereocenters. The van der Waals surface area contributed by atoms with Crippen LogP contribution < -0.4 is 4.90 Å². The first-order chi connectivity index (χ1) is 17.0. The van der Waals surface area contributed by atoms with Gasteiger partial charge in [0.05, 0.1) is 23.4 Å². The van der Waals surface area contributed by atoms with E-state index < -0.39 is 17.9 Å². The van der Waals surface area contributed by atoms with Crippen LogP contribution in [0.25, 0.3) is 10.2 Å². The molecule has 9 heteroatoms. The molecule has 2 heterocycles. The Kier molecular flexibility index (Phi) is 8.59. The second-order valence-corrected chi connectivity index (χ2v) is 9.90. The number of hydrogen-bond acceptors (Lipinski definition) is 8. The molecule has 7 nitrogen and oxygen atoms in total. The SMILES string of the molecule is CCOC(=O)C(Cc1cccc(CN2CCN(c3nc4ccc(Cl)cc4s3)CC2)c1)C(=O)OCC. The molecule has 0 radical (unpaired) electrons. The second kappa shape index (κ2) is 11.8. The van der Waals surface area contributed by atoms with Gasteiger partial charge < -0.3 is 14.4 Å². The first kappa shape index (κ1) is 25.4. The lowest BCUT2D eigenvalue weighted by atomic mass is 9.98. The maximum atomic E-state index is 12.3. The minimum Gasteiger partial charge on any atom is -0.465 e. The summed E-state index contributed by atoms with van der Waals surface area (Å²) in [6, 6.07) is 13.9.